The van der Waals surface area contributed by atoms with Gasteiger partial charge in [0.25, 0.3) is 0 Å². The Labute approximate surface area is 658 Å². The Hall–Kier alpha value is -9.25. The van der Waals surface area contributed by atoms with E-state index in [4.69, 9.17) is 39.9 Å². The molecule has 0 saturated carbocycles. The molecule has 0 atom stereocenters. The molecule has 14 rings (SSSR count). The summed E-state index contributed by atoms with van der Waals surface area (Å²) in [5.74, 6) is -0.913. The third kappa shape index (κ3) is 29.3. The van der Waals surface area contributed by atoms with Crippen molar-refractivity contribution in [2.24, 2.45) is 0 Å². The molecule has 14 aromatic carbocycles. The van der Waals surface area contributed by atoms with Crippen LogP contribution in [-0.2, 0) is 52.9 Å². The number of hydrogen-bond donors (Lipinski definition) is 2. The van der Waals surface area contributed by atoms with E-state index >= 15 is 0 Å². The van der Waals surface area contributed by atoms with E-state index in [-0.39, 0.29) is 49.6 Å². The summed E-state index contributed by atoms with van der Waals surface area (Å²) < 4.78 is 40.9. The van der Waals surface area contributed by atoms with Gasteiger partial charge in [-0.1, -0.05) is 392 Å². The van der Waals surface area contributed by atoms with Crippen molar-refractivity contribution < 1.29 is 63.1 Å². The summed E-state index contributed by atoms with van der Waals surface area (Å²) in [5, 5.41) is 54.7. The van der Waals surface area contributed by atoms with Crippen LogP contribution in [0, 0.1) is 53.8 Å². The Morgan fingerprint density at radius 2 is 0.457 bits per heavy atom. The normalized spacial score (nSPS) is 9.73. The van der Waals surface area contributed by atoms with Crippen LogP contribution in [0.4, 0.5) is 13.2 Å². The summed E-state index contributed by atoms with van der Waals surface area (Å²) in [6.45, 7) is 8.91. The van der Waals surface area contributed by atoms with Crippen molar-refractivity contribution in [3.8, 4) is 6.07 Å². The number of rotatable bonds is 14. The zero-order valence-electron chi connectivity index (χ0n) is 58.3. The van der Waals surface area contributed by atoms with E-state index in [1.807, 2.05) is 20.3 Å². The quantitative estimate of drug-likeness (QED) is 0.0640. The average molecular weight is 1660 g/mol. The number of nitrogens with zero attached hydrogens (tertiary/aromatic N) is 3. The molecule has 0 radical (unpaired) electrons. The Morgan fingerprint density at radius 3 is 0.590 bits per heavy atom. The predicted octanol–water partition coefficient (Wildman–Crippen LogP) is 17.7. The van der Waals surface area contributed by atoms with Crippen molar-refractivity contribution in [3.63, 3.8) is 0 Å². The molecule has 0 aromatic heterocycles. The van der Waals surface area contributed by atoms with E-state index in [0.29, 0.717) is 10.0 Å². The summed E-state index contributed by atoms with van der Waals surface area (Å²) in [4.78, 5) is 0. The number of aliphatic hydroxyl groups excluding tert-OH is 2. The molecule has 0 saturated heterocycles. The molecular formula is C90H75BrF3N3O2P4PdZn. The standard InChI is InChI=1S/4C18H15P.C8H6FNO.C7H6BrFO.CH2F.2CN.Pd.Zn.H/c4*1-4-10-16(11-5-1)19(17-12-6-2-7-13-17)18-14-8-3-9-15-18;9-8-3-6(4-10)1-2-7(8)5-11;8-6-2-1-5(4-10)7(9)3-6;3*1-2;;;/h4*1-15H;1-3,11H,5H2;1-3,10H,4H2;1H2;;;;;/q;;;;;;3*-1;+1;+2;/i;;;;;;;;;;;1+1. The number of aliphatic hydroxyl groups is 2. The van der Waals surface area contributed by atoms with E-state index < -0.39 is 37.5 Å². The minimum Gasteiger partial charge on any atom is -0.512 e. The minimum atomic E-state index is -0.536. The monoisotopic (exact) mass is 1660 g/mol. The number of halogens is 4. The second kappa shape index (κ2) is 52.7. The van der Waals surface area contributed by atoms with Gasteiger partial charge in [0.2, 0.25) is 0 Å². The Balaban J connectivity index is 0.000000267. The van der Waals surface area contributed by atoms with Gasteiger partial charge in [-0.25, -0.2) is 8.78 Å². The van der Waals surface area contributed by atoms with Crippen molar-refractivity contribution in [1.29, 1.82) is 16.6 Å². The fourth-order valence-corrected chi connectivity index (χ4v) is 19.7. The maximum atomic E-state index is 12.7. The molecule has 0 fully saturated rings. The molecule has 0 aliphatic heterocycles. The van der Waals surface area contributed by atoms with Crippen molar-refractivity contribution in [3.05, 3.63) is 453 Å². The van der Waals surface area contributed by atoms with Crippen LogP contribution in [0.2, 0.25) is 0 Å². The maximum absolute atomic E-state index is 12.7. The first-order valence-electron chi connectivity index (χ1n) is 32.5. The minimum absolute atomic E-state index is 0. The number of hydrogen-bond acceptors (Lipinski definition) is 5. The van der Waals surface area contributed by atoms with E-state index in [9.17, 15) is 13.2 Å². The molecule has 0 aliphatic rings. The van der Waals surface area contributed by atoms with E-state index in [1.165, 1.54) is 81.9 Å². The molecule has 0 unspecified atom stereocenters. The predicted molar refractivity (Wildman–Crippen MR) is 435 cm³/mol. The van der Waals surface area contributed by atoms with Crippen LogP contribution >= 0.6 is 47.6 Å². The van der Waals surface area contributed by atoms with Gasteiger partial charge in [-0.2, -0.15) is 12.4 Å². The van der Waals surface area contributed by atoms with Crippen molar-refractivity contribution in [2.45, 2.75) is 13.2 Å². The van der Waals surface area contributed by atoms with Gasteiger partial charge in [0.1, 0.15) is 11.6 Å². The van der Waals surface area contributed by atoms with Crippen LogP contribution in [-0.4, -0.2) is 11.0 Å². The maximum Gasteiger partial charge on any atom is 2.00 e. The van der Waals surface area contributed by atoms with Crippen molar-refractivity contribution >= 4 is 111 Å². The fraction of sp³-hybridized carbons (Fsp3) is 0.0222. The molecular weight excluding hydrogens is 1590 g/mol. The molecule has 0 aliphatic carbocycles. The van der Waals surface area contributed by atoms with Gasteiger partial charge in [-0.15, -0.1) is 0 Å². The molecule has 14 aromatic rings. The zero-order chi connectivity index (χ0) is 75.5. The third-order valence-electron chi connectivity index (χ3n) is 14.7. The Bertz CT molecular complexity index is 3800. The first-order chi connectivity index (χ1) is 51.8. The first-order valence-corrected chi connectivity index (χ1v) is 38.3. The summed E-state index contributed by atoms with van der Waals surface area (Å²) in [6.07, 6.45) is 0. The molecule has 15 heteroatoms. The summed E-state index contributed by atoms with van der Waals surface area (Å²) in [6, 6.07) is 140. The topological polar surface area (TPSA) is 112 Å². The van der Waals surface area contributed by atoms with Gasteiger partial charge >= 0.3 is 40.5 Å². The second-order valence-corrected chi connectivity index (χ2v) is 31.1. The van der Waals surface area contributed by atoms with Gasteiger partial charge < -0.3 is 38.3 Å². The second-order valence-electron chi connectivity index (χ2n) is 21.3. The van der Waals surface area contributed by atoms with Crippen LogP contribution in [0.5, 0.6) is 0 Å². The van der Waals surface area contributed by atoms with Crippen LogP contribution in [0.15, 0.2) is 405 Å². The van der Waals surface area contributed by atoms with Gasteiger partial charge in [0, 0.05) is 15.6 Å². The molecule has 105 heavy (non-hydrogen) atoms. The zero-order valence-corrected chi connectivity index (χ0v) is 67.0. The van der Waals surface area contributed by atoms with Crippen molar-refractivity contribution in [1.82, 2.24) is 0 Å². The molecule has 5 nitrogen and oxygen atoms in total. The van der Waals surface area contributed by atoms with Crippen LogP contribution in [0.1, 0.15) is 16.7 Å². The fourth-order valence-electron chi connectivity index (χ4n) is 10.1. The number of benzene rings is 14. The first kappa shape index (κ1) is 86.4. The van der Waals surface area contributed by atoms with Gasteiger partial charge in [0.15, 0.2) is 0 Å². The number of nitriles is 1. The third-order valence-corrected chi connectivity index (χ3v) is 25.0. The van der Waals surface area contributed by atoms with Crippen LogP contribution in [0.25, 0.3) is 0 Å². The van der Waals surface area contributed by atoms with Gasteiger partial charge in [-0.05, 0) is 120 Å². The van der Waals surface area contributed by atoms with Crippen LogP contribution in [0.3, 0.4) is 0 Å². The smallest absolute Gasteiger partial charge is 0.512 e. The summed E-state index contributed by atoms with van der Waals surface area (Å²) >= 11 is 5.10. The molecule has 2 N–H and O–H groups in total. The summed E-state index contributed by atoms with van der Waals surface area (Å²) in [7, 11) is -0.0340. The summed E-state index contributed by atoms with van der Waals surface area (Å²) in [5.41, 5.74) is 0.798. The molecule has 0 amide bonds. The molecule has 0 heterocycles. The van der Waals surface area contributed by atoms with E-state index in [0.717, 1.165) is 6.07 Å². The molecule has 522 valence electrons. The average Bonchev–Trinajstić information content (AvgIpc) is 0.839. The molecule has 0 bridgehead atoms. The molecule has 0 spiro atoms. The van der Waals surface area contributed by atoms with E-state index in [2.05, 4.69) is 380 Å². The van der Waals surface area contributed by atoms with Gasteiger partial charge in [0.05, 0.1) is 24.8 Å². The van der Waals surface area contributed by atoms with Gasteiger partial charge in [-0.3, -0.25) is 0 Å². The van der Waals surface area contributed by atoms with Crippen molar-refractivity contribution in [2.75, 3.05) is 0 Å². The SMILES string of the molecule is N#Cc1ccc(CO)c(F)c1.OCc1ccc(Br)cc1F.[2H][Pd+].[C-]#N.[C-]#N.[CH2-]F.[Zn+2].c1ccc(P(c2ccccc2)c2ccccc2)cc1.c1ccc(P(c2ccccc2)c2ccccc2)cc1.c1ccc(P(c2ccccc2)c2ccccc2)cc1.c1ccc(P(c2ccccc2)c2ccccc2)cc1. The van der Waals surface area contributed by atoms with E-state index in [1.54, 1.807) is 25.4 Å². The Morgan fingerprint density at radius 1 is 0.305 bits per heavy atom. The Kier molecular flexibility index (Phi) is 43.3. The largest absolute Gasteiger partial charge is 2.00 e. The van der Waals surface area contributed by atoms with Crippen LogP contribution < -0.4 is 63.7 Å².